The van der Waals surface area contributed by atoms with Crippen LogP contribution in [0.15, 0.2) is 52.4 Å². The van der Waals surface area contributed by atoms with Crippen molar-refractivity contribution < 1.29 is 9.53 Å². The molecule has 1 atom stereocenters. The molecular weight excluding hydrogens is 464 g/mol. The number of para-hydroxylation sites is 1. The van der Waals surface area contributed by atoms with E-state index in [0.29, 0.717) is 33.3 Å². The Morgan fingerprint density at radius 2 is 2.06 bits per heavy atom. The molecule has 178 valence electrons. The van der Waals surface area contributed by atoms with E-state index in [-0.39, 0.29) is 23.1 Å². The molecule has 2 aromatic heterocycles. The number of aryl methyl sites for hydroxylation is 1. The lowest BCUT2D eigenvalue weighted by molar-refractivity contribution is -0.119. The number of methoxy groups -OCH3 is 1. The van der Waals surface area contributed by atoms with Crippen molar-refractivity contribution in [1.29, 1.82) is 5.26 Å². The van der Waals surface area contributed by atoms with Gasteiger partial charge in [-0.15, -0.1) is 10.2 Å². The molecule has 1 N–H and O–H groups in total. The Morgan fingerprint density at radius 3 is 2.77 bits per heavy atom. The summed E-state index contributed by atoms with van der Waals surface area (Å²) < 4.78 is 8.81. The zero-order valence-corrected chi connectivity index (χ0v) is 20.4. The number of benzene rings is 2. The van der Waals surface area contributed by atoms with Crippen molar-refractivity contribution in [2.45, 2.75) is 37.4 Å². The fourth-order valence-electron chi connectivity index (χ4n) is 4.30. The second-order valence-corrected chi connectivity index (χ2v) is 9.82. The van der Waals surface area contributed by atoms with Crippen LogP contribution in [0.5, 0.6) is 5.75 Å². The van der Waals surface area contributed by atoms with Crippen LogP contribution >= 0.6 is 11.8 Å². The molecule has 0 aliphatic heterocycles. The molecule has 4 aromatic rings. The smallest absolute Gasteiger partial charge is 0.267 e. The molecule has 1 fully saturated rings. The molecule has 0 spiro atoms. The van der Waals surface area contributed by atoms with E-state index in [1.165, 1.54) is 16.3 Å². The first-order valence-corrected chi connectivity index (χ1v) is 12.2. The molecule has 5 rings (SSSR count). The average Bonchev–Trinajstić information content (AvgIpc) is 3.64. The molecule has 1 saturated carbocycles. The minimum Gasteiger partial charge on any atom is -0.495 e. The van der Waals surface area contributed by atoms with Gasteiger partial charge in [-0.3, -0.25) is 14.0 Å². The van der Waals surface area contributed by atoms with Crippen LogP contribution < -0.4 is 15.6 Å². The van der Waals surface area contributed by atoms with Gasteiger partial charge in [-0.25, -0.2) is 4.57 Å². The Hall–Kier alpha value is -3.84. The third-order valence-corrected chi connectivity index (χ3v) is 7.26. The summed E-state index contributed by atoms with van der Waals surface area (Å²) in [6.45, 7) is 3.70. The van der Waals surface area contributed by atoms with Crippen molar-refractivity contribution in [2.75, 3.05) is 12.9 Å². The molecule has 0 bridgehead atoms. The van der Waals surface area contributed by atoms with Crippen LogP contribution in [0.2, 0.25) is 0 Å². The normalized spacial score (nSPS) is 15.0. The molecular formula is C25H24N6O3S. The van der Waals surface area contributed by atoms with Gasteiger partial charge in [0.1, 0.15) is 11.3 Å². The fraction of sp³-hybridized carbons (Fsp3) is 0.320. The Labute approximate surface area is 205 Å². The Kier molecular flexibility index (Phi) is 5.73. The van der Waals surface area contributed by atoms with Gasteiger partial charge >= 0.3 is 0 Å². The summed E-state index contributed by atoms with van der Waals surface area (Å²) in [5.41, 5.74) is 1.06. The number of fused-ring (bicyclic) bond motifs is 3. The van der Waals surface area contributed by atoms with Gasteiger partial charge < -0.3 is 10.1 Å². The van der Waals surface area contributed by atoms with Crippen LogP contribution in [0.1, 0.15) is 25.3 Å². The number of nitriles is 1. The second kappa shape index (κ2) is 8.74. The van der Waals surface area contributed by atoms with Crippen LogP contribution in [-0.2, 0) is 4.79 Å². The van der Waals surface area contributed by atoms with Crippen LogP contribution in [0.4, 0.5) is 0 Å². The summed E-state index contributed by atoms with van der Waals surface area (Å²) >= 11 is 1.21. The molecule has 1 unspecified atom stereocenters. The molecule has 1 aliphatic rings. The van der Waals surface area contributed by atoms with Crippen molar-refractivity contribution in [1.82, 2.24) is 24.5 Å². The van der Waals surface area contributed by atoms with E-state index in [0.717, 1.165) is 18.4 Å². The molecule has 0 saturated heterocycles. The summed E-state index contributed by atoms with van der Waals surface area (Å²) in [5.74, 6) is 0.854. The maximum atomic E-state index is 13.6. The van der Waals surface area contributed by atoms with Gasteiger partial charge in [0.2, 0.25) is 11.7 Å². The molecule has 0 radical (unpaired) electrons. The molecule has 9 nitrogen and oxygen atoms in total. The third kappa shape index (κ3) is 4.02. The van der Waals surface area contributed by atoms with Gasteiger partial charge in [0, 0.05) is 0 Å². The number of nitrogens with one attached hydrogen (secondary N) is 1. The number of hydrogen-bond acceptors (Lipinski definition) is 7. The largest absolute Gasteiger partial charge is 0.495 e. The van der Waals surface area contributed by atoms with E-state index in [2.05, 4.69) is 21.6 Å². The van der Waals surface area contributed by atoms with Crippen LogP contribution in [-0.4, -0.2) is 43.5 Å². The third-order valence-electron chi connectivity index (χ3n) is 6.33. The highest BCUT2D eigenvalue weighted by Gasteiger charge is 2.43. The van der Waals surface area contributed by atoms with E-state index in [9.17, 15) is 14.9 Å². The Balaban J connectivity index is 1.59. The second-order valence-electron chi connectivity index (χ2n) is 8.88. The molecule has 1 aliphatic carbocycles. The van der Waals surface area contributed by atoms with E-state index in [1.54, 1.807) is 30.6 Å². The number of aromatic nitrogens is 4. The number of carbonyl (C=O) groups excluding carboxylic acids is 1. The highest BCUT2D eigenvalue weighted by atomic mass is 32.2. The fourth-order valence-corrected chi connectivity index (χ4v) is 5.04. The highest BCUT2D eigenvalue weighted by molar-refractivity contribution is 7.99. The standard InChI is InChI=1S/C25H24N6O3S/c1-15-8-11-20(34-3)19(12-15)30-22(33)17-6-4-5-7-18(17)31-23(30)28-29-24(31)35-13-21(32)27-25(2,14-26)16-9-10-16/h4-8,11-12,16H,9-10,13H2,1-3H3,(H,27,32). The summed E-state index contributed by atoms with van der Waals surface area (Å²) in [5, 5.41) is 22.0. The maximum Gasteiger partial charge on any atom is 0.267 e. The number of hydrogen-bond donors (Lipinski definition) is 1. The van der Waals surface area contributed by atoms with Gasteiger partial charge in [-0.05, 0) is 62.4 Å². The number of carbonyl (C=O) groups is 1. The molecule has 35 heavy (non-hydrogen) atoms. The summed E-state index contributed by atoms with van der Waals surface area (Å²) in [7, 11) is 1.55. The zero-order chi connectivity index (χ0) is 24.7. The lowest BCUT2D eigenvalue weighted by Gasteiger charge is -2.22. The molecule has 2 heterocycles. The lowest BCUT2D eigenvalue weighted by Crippen LogP contribution is -2.47. The van der Waals surface area contributed by atoms with E-state index >= 15 is 0 Å². The van der Waals surface area contributed by atoms with Gasteiger partial charge in [0.15, 0.2) is 5.16 Å². The van der Waals surface area contributed by atoms with E-state index in [1.807, 2.05) is 37.3 Å². The maximum absolute atomic E-state index is 13.6. The first kappa shape index (κ1) is 22.9. The summed E-state index contributed by atoms with van der Waals surface area (Å²) in [6, 6.07) is 15.1. The molecule has 10 heteroatoms. The zero-order valence-electron chi connectivity index (χ0n) is 19.6. The van der Waals surface area contributed by atoms with Gasteiger partial charge in [0.05, 0.1) is 35.5 Å². The monoisotopic (exact) mass is 488 g/mol. The molecule has 2 aromatic carbocycles. The first-order valence-electron chi connectivity index (χ1n) is 11.2. The lowest BCUT2D eigenvalue weighted by atomic mass is 9.98. The van der Waals surface area contributed by atoms with Crippen molar-refractivity contribution in [3.8, 4) is 17.5 Å². The quantitative estimate of drug-likeness (QED) is 0.397. The minimum absolute atomic E-state index is 0.0615. The summed E-state index contributed by atoms with van der Waals surface area (Å²) in [4.78, 5) is 26.3. The first-order chi connectivity index (χ1) is 16.9. The van der Waals surface area contributed by atoms with Crippen molar-refractivity contribution in [2.24, 2.45) is 5.92 Å². The number of amides is 1. The van der Waals surface area contributed by atoms with Gasteiger partial charge in [0.25, 0.3) is 5.56 Å². The minimum atomic E-state index is -0.862. The van der Waals surface area contributed by atoms with E-state index in [4.69, 9.17) is 4.74 Å². The number of thioether (sulfide) groups is 1. The van der Waals surface area contributed by atoms with Crippen molar-refractivity contribution in [3.63, 3.8) is 0 Å². The number of ether oxygens (including phenoxy) is 1. The molecule has 1 amide bonds. The highest BCUT2D eigenvalue weighted by Crippen LogP contribution is 2.39. The Bertz CT molecular complexity index is 1570. The van der Waals surface area contributed by atoms with Crippen molar-refractivity contribution >= 4 is 34.3 Å². The van der Waals surface area contributed by atoms with Crippen LogP contribution in [0.3, 0.4) is 0 Å². The van der Waals surface area contributed by atoms with Crippen LogP contribution in [0.25, 0.3) is 22.4 Å². The predicted octanol–water partition coefficient (Wildman–Crippen LogP) is 3.25. The average molecular weight is 489 g/mol. The predicted molar refractivity (Wildman–Crippen MR) is 133 cm³/mol. The topological polar surface area (TPSA) is 114 Å². The SMILES string of the molecule is COc1ccc(C)cc1-n1c(=O)c2ccccc2n2c(SCC(=O)NC(C)(C#N)C3CC3)nnc12. The van der Waals surface area contributed by atoms with Crippen molar-refractivity contribution in [3.05, 3.63) is 58.4 Å². The number of rotatable bonds is 7. The van der Waals surface area contributed by atoms with Crippen LogP contribution in [0, 0.1) is 24.2 Å². The van der Waals surface area contributed by atoms with Gasteiger partial charge in [-0.2, -0.15) is 5.26 Å². The Morgan fingerprint density at radius 1 is 1.29 bits per heavy atom. The summed E-state index contributed by atoms with van der Waals surface area (Å²) in [6.07, 6.45) is 1.89. The van der Waals surface area contributed by atoms with E-state index < -0.39 is 5.54 Å². The number of nitrogens with zero attached hydrogens (tertiary/aromatic N) is 5. The van der Waals surface area contributed by atoms with Gasteiger partial charge in [-0.1, -0.05) is 30.0 Å².